The molecule has 102 valence electrons. The third-order valence-electron chi connectivity index (χ3n) is 3.71. The molecule has 1 heterocycles. The SMILES string of the molecule is O=C1C2=C(CCCC2)C(=O)N1c1ccc([N+](=O)[O-])cc1. The lowest BCUT2D eigenvalue weighted by Gasteiger charge is -2.14. The van der Waals surface area contributed by atoms with Crippen molar-refractivity contribution in [3.63, 3.8) is 0 Å². The van der Waals surface area contributed by atoms with Crippen molar-refractivity contribution < 1.29 is 14.5 Å². The Hall–Kier alpha value is -2.50. The molecule has 0 unspecified atom stereocenters. The van der Waals surface area contributed by atoms with Gasteiger partial charge in [-0.25, -0.2) is 4.90 Å². The fourth-order valence-corrected chi connectivity index (χ4v) is 2.70. The summed E-state index contributed by atoms with van der Waals surface area (Å²) < 4.78 is 0. The van der Waals surface area contributed by atoms with E-state index < -0.39 is 4.92 Å². The number of carbonyl (C=O) groups is 2. The molecule has 0 saturated heterocycles. The molecule has 0 bridgehead atoms. The number of nitro benzene ring substituents is 1. The van der Waals surface area contributed by atoms with E-state index in [0.717, 1.165) is 17.7 Å². The van der Waals surface area contributed by atoms with E-state index in [4.69, 9.17) is 0 Å². The predicted molar refractivity (Wildman–Crippen MR) is 71.1 cm³/mol. The summed E-state index contributed by atoms with van der Waals surface area (Å²) in [5.41, 5.74) is 1.55. The number of imide groups is 1. The molecule has 6 nitrogen and oxygen atoms in total. The molecule has 0 spiro atoms. The van der Waals surface area contributed by atoms with E-state index in [1.54, 1.807) is 0 Å². The van der Waals surface area contributed by atoms with Gasteiger partial charge in [0.15, 0.2) is 0 Å². The first kappa shape index (κ1) is 12.5. The lowest BCUT2D eigenvalue weighted by Crippen LogP contribution is -2.31. The molecule has 0 saturated carbocycles. The first-order valence-corrected chi connectivity index (χ1v) is 6.45. The highest BCUT2D eigenvalue weighted by Crippen LogP contribution is 2.35. The van der Waals surface area contributed by atoms with Crippen LogP contribution >= 0.6 is 0 Å². The lowest BCUT2D eigenvalue weighted by atomic mass is 9.93. The summed E-state index contributed by atoms with van der Waals surface area (Å²) in [6, 6.07) is 5.47. The van der Waals surface area contributed by atoms with Gasteiger partial charge >= 0.3 is 0 Å². The second kappa shape index (κ2) is 4.56. The molecular formula is C14H12N2O4. The number of hydrogen-bond acceptors (Lipinski definition) is 4. The predicted octanol–water partition coefficient (Wildman–Crippen LogP) is 2.34. The summed E-state index contributed by atoms with van der Waals surface area (Å²) >= 11 is 0. The largest absolute Gasteiger partial charge is 0.269 e. The van der Waals surface area contributed by atoms with Crippen LogP contribution in [0.15, 0.2) is 35.4 Å². The van der Waals surface area contributed by atoms with Gasteiger partial charge in [-0.15, -0.1) is 0 Å². The van der Waals surface area contributed by atoms with Crippen molar-refractivity contribution in [3.05, 3.63) is 45.5 Å². The highest BCUT2D eigenvalue weighted by molar-refractivity contribution is 6.33. The van der Waals surface area contributed by atoms with E-state index in [2.05, 4.69) is 0 Å². The summed E-state index contributed by atoms with van der Waals surface area (Å²) in [6.07, 6.45) is 3.13. The maximum Gasteiger partial charge on any atom is 0.269 e. The van der Waals surface area contributed by atoms with E-state index in [1.165, 1.54) is 24.3 Å². The minimum absolute atomic E-state index is 0.0643. The minimum atomic E-state index is -0.513. The second-order valence-electron chi connectivity index (χ2n) is 4.88. The number of nitrogens with zero attached hydrogens (tertiary/aromatic N) is 2. The Bertz CT molecular complexity index is 618. The van der Waals surface area contributed by atoms with Crippen molar-refractivity contribution in [1.29, 1.82) is 0 Å². The zero-order valence-electron chi connectivity index (χ0n) is 10.7. The van der Waals surface area contributed by atoms with Gasteiger partial charge in [0, 0.05) is 23.3 Å². The molecule has 0 fully saturated rings. The monoisotopic (exact) mass is 272 g/mol. The Kier molecular flexibility index (Phi) is 2.85. The van der Waals surface area contributed by atoms with Crippen molar-refractivity contribution in [1.82, 2.24) is 0 Å². The molecule has 0 radical (unpaired) electrons. The number of non-ortho nitro benzene ring substituents is 1. The number of nitro groups is 1. The Balaban J connectivity index is 1.94. The molecule has 6 heteroatoms. The molecule has 1 aliphatic heterocycles. The van der Waals surface area contributed by atoms with Gasteiger partial charge in [0.2, 0.25) is 0 Å². The standard InChI is InChI=1S/C14H12N2O4/c17-13-11-3-1-2-4-12(11)14(18)15(13)9-5-7-10(8-6-9)16(19)20/h5-8H,1-4H2. The summed E-state index contributed by atoms with van der Waals surface area (Å²) in [5, 5.41) is 10.6. The highest BCUT2D eigenvalue weighted by atomic mass is 16.6. The van der Waals surface area contributed by atoms with Gasteiger partial charge in [-0.2, -0.15) is 0 Å². The number of hydrogen-bond donors (Lipinski definition) is 0. The van der Waals surface area contributed by atoms with E-state index >= 15 is 0 Å². The average molecular weight is 272 g/mol. The molecule has 2 aliphatic rings. The number of benzene rings is 1. The van der Waals surface area contributed by atoms with E-state index in [1.807, 2.05) is 0 Å². The Morgan fingerprint density at radius 3 is 1.90 bits per heavy atom. The maximum absolute atomic E-state index is 12.3. The zero-order chi connectivity index (χ0) is 14.3. The number of carbonyl (C=O) groups excluding carboxylic acids is 2. The quantitative estimate of drug-likeness (QED) is 0.470. The lowest BCUT2D eigenvalue weighted by molar-refractivity contribution is -0.384. The van der Waals surface area contributed by atoms with Crippen LogP contribution in [0.5, 0.6) is 0 Å². The van der Waals surface area contributed by atoms with Crippen LogP contribution in [-0.4, -0.2) is 16.7 Å². The van der Waals surface area contributed by atoms with Gasteiger partial charge < -0.3 is 0 Å². The van der Waals surface area contributed by atoms with Crippen LogP contribution in [0, 0.1) is 10.1 Å². The molecule has 1 aromatic rings. The van der Waals surface area contributed by atoms with Gasteiger partial charge in [0.1, 0.15) is 0 Å². The van der Waals surface area contributed by atoms with Gasteiger partial charge in [-0.05, 0) is 37.8 Å². The molecule has 1 aliphatic carbocycles. The highest BCUT2D eigenvalue weighted by Gasteiger charge is 2.39. The zero-order valence-corrected chi connectivity index (χ0v) is 10.7. The summed E-state index contributed by atoms with van der Waals surface area (Å²) in [5.74, 6) is -0.558. The fraction of sp³-hybridized carbons (Fsp3) is 0.286. The number of anilines is 1. The Morgan fingerprint density at radius 2 is 1.45 bits per heavy atom. The van der Waals surface area contributed by atoms with Crippen LogP contribution in [0.25, 0.3) is 0 Å². The van der Waals surface area contributed by atoms with Gasteiger partial charge in [-0.1, -0.05) is 0 Å². The summed E-state index contributed by atoms with van der Waals surface area (Å²) in [6.45, 7) is 0. The first-order valence-electron chi connectivity index (χ1n) is 6.45. The summed E-state index contributed by atoms with van der Waals surface area (Å²) in [7, 11) is 0. The molecule has 0 aromatic heterocycles. The van der Waals surface area contributed by atoms with Crippen molar-refractivity contribution in [2.75, 3.05) is 4.90 Å². The van der Waals surface area contributed by atoms with Crippen molar-refractivity contribution in [2.45, 2.75) is 25.7 Å². The third kappa shape index (κ3) is 1.80. The first-order chi connectivity index (χ1) is 9.59. The molecule has 1 aromatic carbocycles. The van der Waals surface area contributed by atoms with Crippen molar-refractivity contribution in [2.24, 2.45) is 0 Å². The molecule has 20 heavy (non-hydrogen) atoms. The van der Waals surface area contributed by atoms with E-state index in [0.29, 0.717) is 29.7 Å². The normalized spacial score (nSPS) is 18.5. The molecule has 0 N–H and O–H groups in total. The third-order valence-corrected chi connectivity index (χ3v) is 3.71. The van der Waals surface area contributed by atoms with Gasteiger partial charge in [0.25, 0.3) is 17.5 Å². The molecule has 0 atom stereocenters. The van der Waals surface area contributed by atoms with Crippen LogP contribution in [-0.2, 0) is 9.59 Å². The van der Waals surface area contributed by atoms with Crippen molar-refractivity contribution >= 4 is 23.2 Å². The second-order valence-corrected chi connectivity index (χ2v) is 4.88. The van der Waals surface area contributed by atoms with Crippen molar-refractivity contribution in [3.8, 4) is 0 Å². The van der Waals surface area contributed by atoms with Crippen LogP contribution in [0.3, 0.4) is 0 Å². The summed E-state index contributed by atoms with van der Waals surface area (Å²) in [4.78, 5) is 35.8. The smallest absolute Gasteiger partial charge is 0.269 e. The van der Waals surface area contributed by atoms with E-state index in [9.17, 15) is 19.7 Å². The number of amides is 2. The number of rotatable bonds is 2. The van der Waals surface area contributed by atoms with Crippen LogP contribution in [0.2, 0.25) is 0 Å². The van der Waals surface area contributed by atoms with Crippen LogP contribution in [0.4, 0.5) is 11.4 Å². The molecule has 3 rings (SSSR count). The van der Waals surface area contributed by atoms with Crippen LogP contribution in [0.1, 0.15) is 25.7 Å². The molecule has 2 amide bonds. The van der Waals surface area contributed by atoms with Gasteiger partial charge in [0.05, 0.1) is 10.6 Å². The fourth-order valence-electron chi connectivity index (χ4n) is 2.70. The topological polar surface area (TPSA) is 80.5 Å². The minimum Gasteiger partial charge on any atom is -0.269 e. The van der Waals surface area contributed by atoms with Crippen LogP contribution < -0.4 is 4.90 Å². The maximum atomic E-state index is 12.3. The average Bonchev–Trinajstić information content (AvgIpc) is 2.72. The molecular weight excluding hydrogens is 260 g/mol. The van der Waals surface area contributed by atoms with E-state index in [-0.39, 0.29) is 17.5 Å². The van der Waals surface area contributed by atoms with Gasteiger partial charge in [-0.3, -0.25) is 19.7 Å². The Labute approximate surface area is 114 Å². The Morgan fingerprint density at radius 1 is 0.950 bits per heavy atom.